The first-order valence-electron chi connectivity index (χ1n) is 3.64. The Bertz CT molecular complexity index is 417. The molecular weight excluding hydrogens is 194 g/mol. The first-order valence-corrected chi connectivity index (χ1v) is 3.64. The number of rotatable bonds is 2. The zero-order valence-electron chi connectivity index (χ0n) is 6.76. The summed E-state index contributed by atoms with van der Waals surface area (Å²) in [6.45, 7) is 0. The molecule has 2 aromatic rings. The molecule has 0 aliphatic heterocycles. The largest absolute Gasteiger partial charge is 0.415 e. The molecule has 0 spiro atoms. The van der Waals surface area contributed by atoms with Crippen LogP contribution in [0.2, 0.25) is 0 Å². The molecule has 72 valence electrons. The minimum Gasteiger partial charge on any atom is -0.415 e. The summed E-state index contributed by atoms with van der Waals surface area (Å²) < 4.78 is 28.8. The van der Waals surface area contributed by atoms with Crippen LogP contribution in [-0.4, -0.2) is 20.2 Å². The van der Waals surface area contributed by atoms with Crippen LogP contribution < -0.4 is 0 Å². The first kappa shape index (κ1) is 8.67. The van der Waals surface area contributed by atoms with E-state index in [0.29, 0.717) is 5.56 Å². The van der Waals surface area contributed by atoms with E-state index in [9.17, 15) is 8.78 Å². The van der Waals surface area contributed by atoms with E-state index in [1.807, 2.05) is 0 Å². The predicted octanol–water partition coefficient (Wildman–Crippen LogP) is 1.46. The molecule has 0 unspecified atom stereocenters. The Morgan fingerprint density at radius 2 is 1.86 bits per heavy atom. The Hall–Kier alpha value is -1.92. The third-order valence-corrected chi connectivity index (χ3v) is 1.43. The maximum atomic E-state index is 12.1. The predicted molar refractivity (Wildman–Crippen MR) is 40.3 cm³/mol. The summed E-state index contributed by atoms with van der Waals surface area (Å²) in [7, 11) is 0. The van der Waals surface area contributed by atoms with E-state index in [0.717, 1.165) is 0 Å². The molecule has 0 radical (unpaired) electrons. The molecule has 0 aliphatic carbocycles. The standard InChI is InChI=1S/C7H4F2N4O/c8-5(9)7-13-12-6(14-7)4-1-10-3-11-2-4/h1-3,5H. The van der Waals surface area contributed by atoms with Crippen molar-refractivity contribution in [1.29, 1.82) is 0 Å². The highest BCUT2D eigenvalue weighted by Gasteiger charge is 2.16. The number of alkyl halides is 2. The molecule has 5 nitrogen and oxygen atoms in total. The monoisotopic (exact) mass is 198 g/mol. The molecule has 7 heteroatoms. The van der Waals surface area contributed by atoms with Crippen molar-refractivity contribution in [3.8, 4) is 11.5 Å². The molecule has 14 heavy (non-hydrogen) atoms. The lowest BCUT2D eigenvalue weighted by Crippen LogP contribution is -1.81. The average molecular weight is 198 g/mol. The van der Waals surface area contributed by atoms with E-state index in [1.165, 1.54) is 18.7 Å². The van der Waals surface area contributed by atoms with Crippen LogP contribution in [0.5, 0.6) is 0 Å². The maximum Gasteiger partial charge on any atom is 0.314 e. The van der Waals surface area contributed by atoms with E-state index >= 15 is 0 Å². The van der Waals surface area contributed by atoms with Crippen LogP contribution in [0.15, 0.2) is 23.1 Å². The van der Waals surface area contributed by atoms with Gasteiger partial charge in [0, 0.05) is 12.4 Å². The zero-order valence-corrected chi connectivity index (χ0v) is 6.76. The van der Waals surface area contributed by atoms with Gasteiger partial charge in [-0.05, 0) is 0 Å². The molecule has 0 atom stereocenters. The van der Waals surface area contributed by atoms with Crippen LogP contribution in [0.4, 0.5) is 8.78 Å². The quantitative estimate of drug-likeness (QED) is 0.730. The van der Waals surface area contributed by atoms with Crippen LogP contribution >= 0.6 is 0 Å². The third-order valence-electron chi connectivity index (χ3n) is 1.43. The molecule has 0 amide bonds. The van der Waals surface area contributed by atoms with Gasteiger partial charge in [-0.1, -0.05) is 0 Å². The topological polar surface area (TPSA) is 64.7 Å². The van der Waals surface area contributed by atoms with Crippen LogP contribution in [0.1, 0.15) is 12.3 Å². The second-order valence-electron chi connectivity index (χ2n) is 2.37. The molecule has 2 rings (SSSR count). The number of hydrogen-bond donors (Lipinski definition) is 0. The number of halogens is 2. The molecule has 0 saturated heterocycles. The van der Waals surface area contributed by atoms with Crippen molar-refractivity contribution in [3.63, 3.8) is 0 Å². The Morgan fingerprint density at radius 1 is 1.14 bits per heavy atom. The summed E-state index contributed by atoms with van der Waals surface area (Å²) in [5, 5.41) is 6.60. The van der Waals surface area contributed by atoms with Crippen molar-refractivity contribution in [3.05, 3.63) is 24.6 Å². The molecule has 2 heterocycles. The summed E-state index contributed by atoms with van der Waals surface area (Å²) >= 11 is 0. The summed E-state index contributed by atoms with van der Waals surface area (Å²) in [5.74, 6) is -0.718. The van der Waals surface area contributed by atoms with Crippen molar-refractivity contribution in [1.82, 2.24) is 20.2 Å². The van der Waals surface area contributed by atoms with E-state index < -0.39 is 12.3 Å². The SMILES string of the molecule is FC(F)c1nnc(-c2cncnc2)o1. The highest BCUT2D eigenvalue weighted by Crippen LogP contribution is 2.21. The Morgan fingerprint density at radius 3 is 2.43 bits per heavy atom. The van der Waals surface area contributed by atoms with Gasteiger partial charge in [-0.3, -0.25) is 0 Å². The number of nitrogens with zero attached hydrogens (tertiary/aromatic N) is 4. The molecule has 0 saturated carbocycles. The molecule has 0 aliphatic rings. The smallest absolute Gasteiger partial charge is 0.314 e. The average Bonchev–Trinajstić information content (AvgIpc) is 2.68. The minimum absolute atomic E-state index is 0.0131. The Labute approximate surface area is 76.8 Å². The molecule has 2 aromatic heterocycles. The van der Waals surface area contributed by atoms with Crippen LogP contribution in [0.25, 0.3) is 11.5 Å². The molecule has 0 bridgehead atoms. The summed E-state index contributed by atoms with van der Waals surface area (Å²) in [4.78, 5) is 7.38. The van der Waals surface area contributed by atoms with Crippen molar-refractivity contribution in [2.45, 2.75) is 6.43 Å². The number of aromatic nitrogens is 4. The normalized spacial score (nSPS) is 10.8. The fourth-order valence-electron chi connectivity index (χ4n) is 0.849. The lowest BCUT2D eigenvalue weighted by atomic mass is 10.3. The van der Waals surface area contributed by atoms with E-state index in [2.05, 4.69) is 24.6 Å². The first-order chi connectivity index (χ1) is 6.77. The fraction of sp³-hybridized carbons (Fsp3) is 0.143. The van der Waals surface area contributed by atoms with Crippen molar-refractivity contribution >= 4 is 0 Å². The zero-order chi connectivity index (χ0) is 9.97. The van der Waals surface area contributed by atoms with Gasteiger partial charge in [-0.25, -0.2) is 9.97 Å². The Kier molecular flexibility index (Phi) is 2.13. The van der Waals surface area contributed by atoms with E-state index in [1.54, 1.807) is 0 Å². The lowest BCUT2D eigenvalue weighted by Gasteiger charge is -1.90. The van der Waals surface area contributed by atoms with Crippen LogP contribution in [0, 0.1) is 0 Å². The van der Waals surface area contributed by atoms with E-state index in [-0.39, 0.29) is 5.89 Å². The summed E-state index contributed by atoms with van der Waals surface area (Å²) in [5.41, 5.74) is 0.409. The molecule has 0 N–H and O–H groups in total. The minimum atomic E-state index is -2.76. The van der Waals surface area contributed by atoms with E-state index in [4.69, 9.17) is 0 Å². The summed E-state index contributed by atoms with van der Waals surface area (Å²) in [6, 6.07) is 0. The Balaban J connectivity index is 2.34. The van der Waals surface area contributed by atoms with Gasteiger partial charge in [-0.15, -0.1) is 10.2 Å². The fourth-order valence-corrected chi connectivity index (χ4v) is 0.849. The van der Waals surface area contributed by atoms with Gasteiger partial charge >= 0.3 is 6.43 Å². The molecular formula is C7H4F2N4O. The van der Waals surface area contributed by atoms with Gasteiger partial charge in [0.1, 0.15) is 6.33 Å². The van der Waals surface area contributed by atoms with Crippen molar-refractivity contribution in [2.75, 3.05) is 0 Å². The van der Waals surface area contributed by atoms with Crippen LogP contribution in [-0.2, 0) is 0 Å². The molecule has 0 fully saturated rings. The third kappa shape index (κ3) is 1.56. The van der Waals surface area contributed by atoms with Gasteiger partial charge in [0.15, 0.2) is 0 Å². The highest BCUT2D eigenvalue weighted by molar-refractivity contribution is 5.48. The lowest BCUT2D eigenvalue weighted by molar-refractivity contribution is 0.116. The number of hydrogen-bond acceptors (Lipinski definition) is 5. The van der Waals surface area contributed by atoms with Gasteiger partial charge < -0.3 is 4.42 Å². The van der Waals surface area contributed by atoms with Crippen LogP contribution in [0.3, 0.4) is 0 Å². The van der Waals surface area contributed by atoms with Gasteiger partial charge in [0.25, 0.3) is 11.8 Å². The van der Waals surface area contributed by atoms with Gasteiger partial charge in [0.05, 0.1) is 5.56 Å². The van der Waals surface area contributed by atoms with Crippen molar-refractivity contribution in [2.24, 2.45) is 0 Å². The second-order valence-corrected chi connectivity index (χ2v) is 2.37. The molecule has 0 aromatic carbocycles. The highest BCUT2D eigenvalue weighted by atomic mass is 19.3. The maximum absolute atomic E-state index is 12.1. The van der Waals surface area contributed by atoms with Gasteiger partial charge in [0.2, 0.25) is 0 Å². The van der Waals surface area contributed by atoms with Crippen molar-refractivity contribution < 1.29 is 13.2 Å². The summed E-state index contributed by atoms with van der Waals surface area (Å²) in [6.07, 6.45) is 1.35. The van der Waals surface area contributed by atoms with Gasteiger partial charge in [-0.2, -0.15) is 8.78 Å². The second kappa shape index (κ2) is 3.44.